The predicted octanol–water partition coefficient (Wildman–Crippen LogP) is 2.82. The standard InChI is InChI=1S/C17H37N3/c1-4-8-17-9-7-13-20(14-10-17)16-12-18-11-15-19(5-2)6-3/h17-18H,4-16H2,1-3H3. The zero-order valence-electron chi connectivity index (χ0n) is 14.2. The lowest BCUT2D eigenvalue weighted by molar-refractivity contribution is 0.269. The lowest BCUT2D eigenvalue weighted by atomic mass is 9.96. The first-order valence-corrected chi connectivity index (χ1v) is 8.95. The van der Waals surface area contributed by atoms with Gasteiger partial charge in [-0.1, -0.05) is 33.6 Å². The summed E-state index contributed by atoms with van der Waals surface area (Å²) in [6, 6.07) is 0. The van der Waals surface area contributed by atoms with Crippen molar-refractivity contribution in [3.8, 4) is 0 Å². The molecule has 0 aromatic carbocycles. The van der Waals surface area contributed by atoms with Gasteiger partial charge in [-0.05, 0) is 51.4 Å². The number of likely N-dealkylation sites (tertiary alicyclic amines) is 1. The Labute approximate surface area is 127 Å². The number of hydrogen-bond acceptors (Lipinski definition) is 3. The van der Waals surface area contributed by atoms with Crippen LogP contribution in [0.2, 0.25) is 0 Å². The molecule has 1 aliphatic rings. The maximum Gasteiger partial charge on any atom is 0.0107 e. The van der Waals surface area contributed by atoms with Crippen LogP contribution >= 0.6 is 0 Å². The second-order valence-electron chi connectivity index (χ2n) is 6.20. The van der Waals surface area contributed by atoms with Crippen molar-refractivity contribution in [1.29, 1.82) is 0 Å². The molecule has 1 unspecified atom stereocenters. The molecule has 1 fully saturated rings. The van der Waals surface area contributed by atoms with E-state index in [1.54, 1.807) is 0 Å². The van der Waals surface area contributed by atoms with Crippen molar-refractivity contribution in [2.24, 2.45) is 5.92 Å². The molecule has 0 aromatic rings. The Balaban J connectivity index is 2.04. The van der Waals surface area contributed by atoms with Gasteiger partial charge >= 0.3 is 0 Å². The van der Waals surface area contributed by atoms with Gasteiger partial charge in [-0.3, -0.25) is 0 Å². The fraction of sp³-hybridized carbons (Fsp3) is 1.00. The summed E-state index contributed by atoms with van der Waals surface area (Å²) in [5.41, 5.74) is 0. The van der Waals surface area contributed by atoms with E-state index in [0.717, 1.165) is 19.0 Å². The summed E-state index contributed by atoms with van der Waals surface area (Å²) in [7, 11) is 0. The summed E-state index contributed by atoms with van der Waals surface area (Å²) in [6.45, 7) is 16.5. The predicted molar refractivity (Wildman–Crippen MR) is 89.3 cm³/mol. The van der Waals surface area contributed by atoms with Crippen LogP contribution in [0.4, 0.5) is 0 Å². The average Bonchev–Trinajstić information content (AvgIpc) is 2.69. The van der Waals surface area contributed by atoms with E-state index in [2.05, 4.69) is 35.9 Å². The maximum atomic E-state index is 3.61. The summed E-state index contributed by atoms with van der Waals surface area (Å²) in [5, 5.41) is 3.61. The number of rotatable bonds is 10. The van der Waals surface area contributed by atoms with Crippen LogP contribution in [0.5, 0.6) is 0 Å². The second kappa shape index (κ2) is 11.5. The highest BCUT2D eigenvalue weighted by atomic mass is 15.2. The Bertz CT molecular complexity index is 216. The highest BCUT2D eigenvalue weighted by Gasteiger charge is 2.15. The van der Waals surface area contributed by atoms with Crippen LogP contribution in [-0.4, -0.2) is 62.2 Å². The number of nitrogens with zero attached hydrogens (tertiary/aromatic N) is 2. The molecular weight excluding hydrogens is 246 g/mol. The van der Waals surface area contributed by atoms with Gasteiger partial charge in [-0.15, -0.1) is 0 Å². The minimum absolute atomic E-state index is 1.00. The van der Waals surface area contributed by atoms with Gasteiger partial charge in [0.1, 0.15) is 0 Å². The van der Waals surface area contributed by atoms with Crippen LogP contribution in [0.15, 0.2) is 0 Å². The molecule has 0 spiro atoms. The summed E-state index contributed by atoms with van der Waals surface area (Å²) < 4.78 is 0. The van der Waals surface area contributed by atoms with Gasteiger partial charge in [0.2, 0.25) is 0 Å². The van der Waals surface area contributed by atoms with Crippen LogP contribution in [0.3, 0.4) is 0 Å². The van der Waals surface area contributed by atoms with E-state index < -0.39 is 0 Å². The van der Waals surface area contributed by atoms with E-state index in [1.807, 2.05) is 0 Å². The highest BCUT2D eigenvalue weighted by molar-refractivity contribution is 4.70. The minimum Gasteiger partial charge on any atom is -0.314 e. The van der Waals surface area contributed by atoms with Crippen molar-refractivity contribution in [2.75, 3.05) is 52.4 Å². The number of hydrogen-bond donors (Lipinski definition) is 1. The third-order valence-corrected chi connectivity index (χ3v) is 4.74. The molecule has 0 aliphatic carbocycles. The SMILES string of the molecule is CCCC1CCCN(CCNCCN(CC)CC)CC1. The molecule has 1 atom stereocenters. The highest BCUT2D eigenvalue weighted by Crippen LogP contribution is 2.21. The largest absolute Gasteiger partial charge is 0.314 e. The van der Waals surface area contributed by atoms with Crippen molar-refractivity contribution in [3.63, 3.8) is 0 Å². The smallest absolute Gasteiger partial charge is 0.0107 e. The molecule has 0 radical (unpaired) electrons. The van der Waals surface area contributed by atoms with E-state index in [0.29, 0.717) is 0 Å². The molecule has 120 valence electrons. The van der Waals surface area contributed by atoms with Crippen LogP contribution in [0, 0.1) is 5.92 Å². The fourth-order valence-electron chi connectivity index (χ4n) is 3.28. The zero-order valence-corrected chi connectivity index (χ0v) is 14.2. The van der Waals surface area contributed by atoms with Crippen molar-refractivity contribution < 1.29 is 0 Å². The van der Waals surface area contributed by atoms with E-state index >= 15 is 0 Å². The lowest BCUT2D eigenvalue weighted by Gasteiger charge is -2.21. The first kappa shape index (κ1) is 17.9. The van der Waals surface area contributed by atoms with Gasteiger partial charge in [0.25, 0.3) is 0 Å². The van der Waals surface area contributed by atoms with Crippen molar-refractivity contribution >= 4 is 0 Å². The second-order valence-corrected chi connectivity index (χ2v) is 6.20. The van der Waals surface area contributed by atoms with Crippen molar-refractivity contribution in [1.82, 2.24) is 15.1 Å². The van der Waals surface area contributed by atoms with Crippen LogP contribution in [-0.2, 0) is 0 Å². The number of nitrogens with one attached hydrogen (secondary N) is 1. The van der Waals surface area contributed by atoms with Crippen LogP contribution in [0.1, 0.15) is 52.9 Å². The quantitative estimate of drug-likeness (QED) is 0.622. The molecule has 3 heteroatoms. The molecule has 0 amide bonds. The Kier molecular flexibility index (Phi) is 10.3. The molecule has 3 nitrogen and oxygen atoms in total. The van der Waals surface area contributed by atoms with Crippen molar-refractivity contribution in [2.45, 2.75) is 52.9 Å². The molecule has 20 heavy (non-hydrogen) atoms. The third-order valence-electron chi connectivity index (χ3n) is 4.74. The topological polar surface area (TPSA) is 18.5 Å². The monoisotopic (exact) mass is 283 g/mol. The van der Waals surface area contributed by atoms with Crippen LogP contribution < -0.4 is 5.32 Å². The summed E-state index contributed by atoms with van der Waals surface area (Å²) in [5.74, 6) is 1.00. The van der Waals surface area contributed by atoms with E-state index in [4.69, 9.17) is 0 Å². The number of likely N-dealkylation sites (N-methyl/N-ethyl adjacent to an activating group) is 1. The first-order chi connectivity index (χ1) is 9.80. The summed E-state index contributed by atoms with van der Waals surface area (Å²) in [4.78, 5) is 5.15. The summed E-state index contributed by atoms with van der Waals surface area (Å²) >= 11 is 0. The lowest BCUT2D eigenvalue weighted by Crippen LogP contribution is -2.37. The van der Waals surface area contributed by atoms with Gasteiger partial charge in [-0.25, -0.2) is 0 Å². The molecular formula is C17H37N3. The maximum absolute atomic E-state index is 3.61. The Morgan fingerprint density at radius 3 is 2.55 bits per heavy atom. The molecule has 1 aliphatic heterocycles. The van der Waals surface area contributed by atoms with E-state index in [9.17, 15) is 0 Å². The minimum atomic E-state index is 1.00. The van der Waals surface area contributed by atoms with E-state index in [1.165, 1.54) is 71.4 Å². The Morgan fingerprint density at radius 1 is 1.05 bits per heavy atom. The normalized spacial score (nSPS) is 21.3. The van der Waals surface area contributed by atoms with Gasteiger partial charge < -0.3 is 15.1 Å². The Hall–Kier alpha value is -0.120. The van der Waals surface area contributed by atoms with Gasteiger partial charge in [0.15, 0.2) is 0 Å². The zero-order chi connectivity index (χ0) is 14.6. The van der Waals surface area contributed by atoms with Gasteiger partial charge in [0, 0.05) is 26.2 Å². The third kappa shape index (κ3) is 7.61. The molecule has 1 heterocycles. The Morgan fingerprint density at radius 2 is 1.85 bits per heavy atom. The first-order valence-electron chi connectivity index (χ1n) is 8.95. The van der Waals surface area contributed by atoms with Crippen molar-refractivity contribution in [3.05, 3.63) is 0 Å². The van der Waals surface area contributed by atoms with Gasteiger partial charge in [-0.2, -0.15) is 0 Å². The van der Waals surface area contributed by atoms with Gasteiger partial charge in [0.05, 0.1) is 0 Å². The molecule has 1 saturated heterocycles. The van der Waals surface area contributed by atoms with E-state index in [-0.39, 0.29) is 0 Å². The summed E-state index contributed by atoms with van der Waals surface area (Å²) in [6.07, 6.45) is 7.09. The molecule has 0 bridgehead atoms. The molecule has 1 rings (SSSR count). The fourth-order valence-corrected chi connectivity index (χ4v) is 3.28. The van der Waals surface area contributed by atoms with Crippen LogP contribution in [0.25, 0.3) is 0 Å². The average molecular weight is 284 g/mol. The molecule has 0 saturated carbocycles. The molecule has 1 N–H and O–H groups in total. The molecule has 0 aromatic heterocycles.